The molecule has 2 aromatic carbocycles. The van der Waals surface area contributed by atoms with Crippen LogP contribution in [0.4, 0.5) is 0 Å². The third-order valence-corrected chi connectivity index (χ3v) is 5.48. The van der Waals surface area contributed by atoms with Gasteiger partial charge in [0.25, 0.3) is 0 Å². The molecule has 3 rings (SSSR count). The fourth-order valence-electron chi connectivity index (χ4n) is 3.59. The molecule has 0 heterocycles. The molecule has 0 nitrogen and oxygen atoms in total. The minimum atomic E-state index is 0.324. The van der Waals surface area contributed by atoms with Gasteiger partial charge in [-0.05, 0) is 61.1 Å². The van der Waals surface area contributed by atoms with Crippen molar-refractivity contribution in [1.29, 1.82) is 0 Å². The van der Waals surface area contributed by atoms with Crippen LogP contribution in [0.25, 0.3) is 0 Å². The maximum absolute atomic E-state index is 6.64. The standard InChI is InChI=1S/C20H23Cl/c1-15-7-5-6-10-17(15)13-19-14-18(11-12-20(19)21)16-8-3-2-4-9-16/h2-10,18-20H,11-14H2,1H3. The number of hydrogen-bond donors (Lipinski definition) is 0. The maximum atomic E-state index is 6.64. The Morgan fingerprint density at radius 2 is 1.67 bits per heavy atom. The molecule has 0 amide bonds. The lowest BCUT2D eigenvalue weighted by Gasteiger charge is -2.33. The zero-order chi connectivity index (χ0) is 14.7. The molecule has 0 bridgehead atoms. The fourth-order valence-corrected chi connectivity index (χ4v) is 3.91. The van der Waals surface area contributed by atoms with Gasteiger partial charge in [-0.25, -0.2) is 0 Å². The molecule has 21 heavy (non-hydrogen) atoms. The summed E-state index contributed by atoms with van der Waals surface area (Å²) in [6, 6.07) is 19.7. The van der Waals surface area contributed by atoms with E-state index in [4.69, 9.17) is 11.6 Å². The molecule has 1 aliphatic carbocycles. The molecule has 1 aliphatic rings. The van der Waals surface area contributed by atoms with Crippen molar-refractivity contribution in [3.8, 4) is 0 Å². The first-order valence-corrected chi connectivity index (χ1v) is 8.41. The lowest BCUT2D eigenvalue weighted by Crippen LogP contribution is -2.26. The van der Waals surface area contributed by atoms with Gasteiger partial charge in [0.2, 0.25) is 0 Å². The molecule has 1 fully saturated rings. The molecule has 2 aromatic rings. The smallest absolute Gasteiger partial charge is 0.0367 e. The van der Waals surface area contributed by atoms with Crippen molar-refractivity contribution < 1.29 is 0 Å². The Morgan fingerprint density at radius 1 is 0.952 bits per heavy atom. The van der Waals surface area contributed by atoms with Crippen LogP contribution in [0.5, 0.6) is 0 Å². The predicted molar refractivity (Wildman–Crippen MR) is 91.0 cm³/mol. The Morgan fingerprint density at radius 3 is 2.43 bits per heavy atom. The Kier molecular flexibility index (Phi) is 4.65. The Balaban J connectivity index is 1.74. The van der Waals surface area contributed by atoms with E-state index in [9.17, 15) is 0 Å². The number of halogens is 1. The van der Waals surface area contributed by atoms with Crippen LogP contribution in [0, 0.1) is 12.8 Å². The molecule has 3 atom stereocenters. The van der Waals surface area contributed by atoms with Crippen LogP contribution in [0.3, 0.4) is 0 Å². The van der Waals surface area contributed by atoms with E-state index >= 15 is 0 Å². The SMILES string of the molecule is Cc1ccccc1CC1CC(c2ccccc2)CCC1Cl. The second-order valence-corrected chi connectivity index (χ2v) is 6.89. The van der Waals surface area contributed by atoms with Gasteiger partial charge in [0.15, 0.2) is 0 Å². The van der Waals surface area contributed by atoms with Crippen LogP contribution >= 0.6 is 11.6 Å². The van der Waals surface area contributed by atoms with Gasteiger partial charge < -0.3 is 0 Å². The number of alkyl halides is 1. The van der Waals surface area contributed by atoms with E-state index in [1.54, 1.807) is 0 Å². The minimum absolute atomic E-state index is 0.324. The zero-order valence-corrected chi connectivity index (χ0v) is 13.4. The lowest BCUT2D eigenvalue weighted by molar-refractivity contribution is 0.326. The van der Waals surface area contributed by atoms with Crippen molar-refractivity contribution in [3.05, 3.63) is 71.3 Å². The Labute approximate surface area is 133 Å². The van der Waals surface area contributed by atoms with E-state index in [1.807, 2.05) is 0 Å². The van der Waals surface area contributed by atoms with Gasteiger partial charge in [0.1, 0.15) is 0 Å². The van der Waals surface area contributed by atoms with Gasteiger partial charge in [-0.15, -0.1) is 11.6 Å². The van der Waals surface area contributed by atoms with Crippen molar-refractivity contribution >= 4 is 11.6 Å². The molecule has 0 saturated heterocycles. The maximum Gasteiger partial charge on any atom is 0.0367 e. The summed E-state index contributed by atoms with van der Waals surface area (Å²) in [5.41, 5.74) is 4.33. The lowest BCUT2D eigenvalue weighted by atomic mass is 9.75. The molecule has 0 N–H and O–H groups in total. The summed E-state index contributed by atoms with van der Waals surface area (Å²) in [4.78, 5) is 0. The van der Waals surface area contributed by atoms with Crippen molar-refractivity contribution in [3.63, 3.8) is 0 Å². The molecule has 0 radical (unpaired) electrons. The highest BCUT2D eigenvalue weighted by Gasteiger charge is 2.30. The van der Waals surface area contributed by atoms with Crippen LogP contribution in [-0.4, -0.2) is 5.38 Å². The molecule has 0 spiro atoms. The van der Waals surface area contributed by atoms with Gasteiger partial charge in [0.05, 0.1) is 0 Å². The number of rotatable bonds is 3. The molecule has 3 unspecified atom stereocenters. The molecule has 1 saturated carbocycles. The van der Waals surface area contributed by atoms with Crippen molar-refractivity contribution in [2.45, 2.75) is 43.9 Å². The van der Waals surface area contributed by atoms with Gasteiger partial charge in [0, 0.05) is 5.38 Å². The Hall–Kier alpha value is -1.27. The summed E-state index contributed by atoms with van der Waals surface area (Å²) in [6.07, 6.45) is 4.69. The largest absolute Gasteiger partial charge is 0.123 e. The quantitative estimate of drug-likeness (QED) is 0.635. The van der Waals surface area contributed by atoms with Crippen molar-refractivity contribution in [2.24, 2.45) is 5.92 Å². The molecule has 110 valence electrons. The first-order valence-electron chi connectivity index (χ1n) is 7.97. The second-order valence-electron chi connectivity index (χ2n) is 6.33. The summed E-state index contributed by atoms with van der Waals surface area (Å²) in [5, 5.41) is 0.324. The van der Waals surface area contributed by atoms with Gasteiger partial charge in [-0.1, -0.05) is 54.6 Å². The summed E-state index contributed by atoms with van der Waals surface area (Å²) in [6.45, 7) is 2.20. The molecular weight excluding hydrogens is 276 g/mol. The topological polar surface area (TPSA) is 0 Å². The normalized spacial score (nSPS) is 25.7. The van der Waals surface area contributed by atoms with Crippen molar-refractivity contribution in [2.75, 3.05) is 0 Å². The molecule has 0 aromatic heterocycles. The highest BCUT2D eigenvalue weighted by Crippen LogP contribution is 2.40. The monoisotopic (exact) mass is 298 g/mol. The third kappa shape index (κ3) is 3.49. The number of hydrogen-bond acceptors (Lipinski definition) is 0. The highest BCUT2D eigenvalue weighted by atomic mass is 35.5. The fraction of sp³-hybridized carbons (Fsp3) is 0.400. The van der Waals surface area contributed by atoms with Crippen molar-refractivity contribution in [1.82, 2.24) is 0 Å². The first kappa shape index (κ1) is 14.7. The average molecular weight is 299 g/mol. The first-order chi connectivity index (χ1) is 10.2. The van der Waals surface area contributed by atoms with E-state index in [-0.39, 0.29) is 0 Å². The molecule has 1 heteroatoms. The number of aryl methyl sites for hydroxylation is 1. The van der Waals surface area contributed by atoms with E-state index in [1.165, 1.54) is 29.5 Å². The molecule has 0 aliphatic heterocycles. The summed E-state index contributed by atoms with van der Waals surface area (Å²) >= 11 is 6.64. The second kappa shape index (κ2) is 6.66. The van der Waals surface area contributed by atoms with Crippen LogP contribution in [0.2, 0.25) is 0 Å². The minimum Gasteiger partial charge on any atom is -0.123 e. The summed E-state index contributed by atoms with van der Waals surface area (Å²) in [5.74, 6) is 1.27. The van der Waals surface area contributed by atoms with E-state index in [0.717, 1.165) is 12.8 Å². The average Bonchev–Trinajstić information content (AvgIpc) is 2.52. The summed E-state index contributed by atoms with van der Waals surface area (Å²) in [7, 11) is 0. The third-order valence-electron chi connectivity index (χ3n) is 4.90. The van der Waals surface area contributed by atoms with Gasteiger partial charge >= 0.3 is 0 Å². The summed E-state index contributed by atoms with van der Waals surface area (Å²) < 4.78 is 0. The molecular formula is C20H23Cl. The number of benzene rings is 2. The van der Waals surface area contributed by atoms with Crippen LogP contribution < -0.4 is 0 Å². The zero-order valence-electron chi connectivity index (χ0n) is 12.6. The van der Waals surface area contributed by atoms with Crippen LogP contribution in [0.15, 0.2) is 54.6 Å². The Bertz CT molecular complexity index is 575. The van der Waals surface area contributed by atoms with E-state index in [0.29, 0.717) is 17.2 Å². The van der Waals surface area contributed by atoms with E-state index < -0.39 is 0 Å². The highest BCUT2D eigenvalue weighted by molar-refractivity contribution is 6.20. The predicted octanol–water partition coefficient (Wildman–Crippen LogP) is 5.73. The van der Waals surface area contributed by atoms with E-state index in [2.05, 4.69) is 61.5 Å². The van der Waals surface area contributed by atoms with Gasteiger partial charge in [-0.2, -0.15) is 0 Å². The van der Waals surface area contributed by atoms with Gasteiger partial charge in [-0.3, -0.25) is 0 Å². The van der Waals surface area contributed by atoms with Crippen LogP contribution in [0.1, 0.15) is 41.9 Å². The van der Waals surface area contributed by atoms with Crippen LogP contribution in [-0.2, 0) is 6.42 Å².